The maximum atomic E-state index is 12.6. The van der Waals surface area contributed by atoms with E-state index in [1.807, 2.05) is 23.8 Å². The molecule has 7 nitrogen and oxygen atoms in total. The Bertz CT molecular complexity index is 1050. The molecule has 0 bridgehead atoms. The predicted molar refractivity (Wildman–Crippen MR) is 103 cm³/mol. The Morgan fingerprint density at radius 1 is 1.38 bits per heavy atom. The van der Waals surface area contributed by atoms with Crippen LogP contribution in [-0.2, 0) is 9.84 Å². The average molecular weight is 409 g/mol. The van der Waals surface area contributed by atoms with E-state index in [0.717, 1.165) is 16.3 Å². The van der Waals surface area contributed by atoms with Crippen molar-refractivity contribution in [1.29, 1.82) is 0 Å². The molecular weight excluding hydrogens is 392 g/mol. The van der Waals surface area contributed by atoms with Crippen LogP contribution >= 0.6 is 22.7 Å². The Morgan fingerprint density at radius 3 is 2.92 bits per heavy atom. The fourth-order valence-electron chi connectivity index (χ4n) is 2.93. The van der Waals surface area contributed by atoms with E-state index in [4.69, 9.17) is 0 Å². The van der Waals surface area contributed by atoms with Crippen molar-refractivity contribution in [3.8, 4) is 10.6 Å². The number of aryl methyl sites for hydroxylation is 1. The first-order valence-electron chi connectivity index (χ1n) is 7.97. The van der Waals surface area contributed by atoms with Gasteiger partial charge in [-0.3, -0.25) is 4.79 Å². The summed E-state index contributed by atoms with van der Waals surface area (Å²) in [6, 6.07) is 3.46. The van der Waals surface area contributed by atoms with Crippen LogP contribution < -0.4 is 5.32 Å². The van der Waals surface area contributed by atoms with E-state index in [1.54, 1.807) is 27.5 Å². The molecular formula is C16H16N4O3S3. The standard InChI is InChI=1S/C16H16N4O3S3/c1-10-6-14(20(19-10)12-3-5-26(22,23)9-12)18-15(21)13-8-25-16(17-13)11-2-4-24-7-11/h2,4,6-8,12H,3,5,9H2,1H3,(H,18,21). The SMILES string of the molecule is Cc1cc(NC(=O)c2csc(-c3ccsc3)n2)n(C2CCS(=O)(=O)C2)n1. The minimum absolute atomic E-state index is 0.0516. The van der Waals surface area contributed by atoms with Gasteiger partial charge in [0.25, 0.3) is 5.91 Å². The minimum atomic E-state index is -3.04. The molecule has 1 N–H and O–H groups in total. The van der Waals surface area contributed by atoms with Crippen LogP contribution in [0.4, 0.5) is 5.82 Å². The molecule has 1 atom stereocenters. The van der Waals surface area contributed by atoms with Crippen LogP contribution in [0.3, 0.4) is 0 Å². The largest absolute Gasteiger partial charge is 0.305 e. The van der Waals surface area contributed by atoms with Crippen molar-refractivity contribution in [3.05, 3.63) is 39.7 Å². The third-order valence-electron chi connectivity index (χ3n) is 4.16. The lowest BCUT2D eigenvalue weighted by molar-refractivity contribution is 0.102. The van der Waals surface area contributed by atoms with Gasteiger partial charge in [0.1, 0.15) is 16.5 Å². The summed E-state index contributed by atoms with van der Waals surface area (Å²) in [5.41, 5.74) is 2.05. The van der Waals surface area contributed by atoms with Gasteiger partial charge >= 0.3 is 0 Å². The number of carbonyl (C=O) groups excluding carboxylic acids is 1. The Morgan fingerprint density at radius 2 is 2.23 bits per heavy atom. The first-order chi connectivity index (χ1) is 12.4. The molecule has 136 valence electrons. The van der Waals surface area contributed by atoms with Crippen LogP contribution in [-0.4, -0.2) is 40.6 Å². The molecule has 0 aromatic carbocycles. The molecule has 4 heterocycles. The second-order valence-electron chi connectivity index (χ2n) is 6.18. The quantitative estimate of drug-likeness (QED) is 0.716. The van der Waals surface area contributed by atoms with Crippen LogP contribution in [0, 0.1) is 6.92 Å². The van der Waals surface area contributed by atoms with Crippen LogP contribution in [0.1, 0.15) is 28.6 Å². The number of amides is 1. The highest BCUT2D eigenvalue weighted by molar-refractivity contribution is 7.91. The smallest absolute Gasteiger partial charge is 0.276 e. The molecule has 1 amide bonds. The van der Waals surface area contributed by atoms with E-state index in [0.29, 0.717) is 17.9 Å². The number of thiophene rings is 1. The third kappa shape index (κ3) is 3.44. The maximum absolute atomic E-state index is 12.6. The van der Waals surface area contributed by atoms with Gasteiger partial charge in [0.2, 0.25) is 0 Å². The first-order valence-corrected chi connectivity index (χ1v) is 11.6. The molecule has 1 unspecified atom stereocenters. The van der Waals surface area contributed by atoms with Crippen LogP contribution in [0.15, 0.2) is 28.3 Å². The number of sulfone groups is 1. The summed E-state index contributed by atoms with van der Waals surface area (Å²) in [6.45, 7) is 1.81. The number of carbonyl (C=O) groups is 1. The van der Waals surface area contributed by atoms with E-state index >= 15 is 0 Å². The second kappa shape index (κ2) is 6.60. The second-order valence-corrected chi connectivity index (χ2v) is 10.0. The monoisotopic (exact) mass is 408 g/mol. The fourth-order valence-corrected chi connectivity index (χ4v) is 6.14. The van der Waals surface area contributed by atoms with Crippen molar-refractivity contribution in [3.63, 3.8) is 0 Å². The number of thiazole rings is 1. The zero-order chi connectivity index (χ0) is 18.3. The summed E-state index contributed by atoms with van der Waals surface area (Å²) < 4.78 is 25.1. The molecule has 3 aromatic rings. The van der Waals surface area contributed by atoms with Crippen LogP contribution in [0.2, 0.25) is 0 Å². The number of anilines is 1. The van der Waals surface area contributed by atoms with Gasteiger partial charge in [-0.1, -0.05) is 0 Å². The topological polar surface area (TPSA) is 94.0 Å². The summed E-state index contributed by atoms with van der Waals surface area (Å²) in [7, 11) is -3.04. The molecule has 0 saturated carbocycles. The lowest BCUT2D eigenvalue weighted by Gasteiger charge is -2.13. The van der Waals surface area contributed by atoms with Crippen molar-refractivity contribution in [2.45, 2.75) is 19.4 Å². The van der Waals surface area contributed by atoms with E-state index in [-0.39, 0.29) is 23.5 Å². The number of hydrogen-bond acceptors (Lipinski definition) is 7. The molecule has 0 aliphatic carbocycles. The van der Waals surface area contributed by atoms with E-state index < -0.39 is 9.84 Å². The average Bonchev–Trinajstić information content (AvgIpc) is 3.33. The van der Waals surface area contributed by atoms with Gasteiger partial charge in [-0.2, -0.15) is 16.4 Å². The summed E-state index contributed by atoms with van der Waals surface area (Å²) in [6.07, 6.45) is 0.505. The Balaban J connectivity index is 1.55. The van der Waals surface area contributed by atoms with Gasteiger partial charge in [-0.15, -0.1) is 11.3 Å². The molecule has 4 rings (SSSR count). The zero-order valence-electron chi connectivity index (χ0n) is 13.9. The van der Waals surface area contributed by atoms with E-state index in [1.165, 1.54) is 11.3 Å². The highest BCUT2D eigenvalue weighted by Gasteiger charge is 2.31. The number of nitrogens with one attached hydrogen (secondary N) is 1. The molecule has 1 aliphatic heterocycles. The lowest BCUT2D eigenvalue weighted by atomic mass is 10.3. The lowest BCUT2D eigenvalue weighted by Crippen LogP contribution is -2.19. The molecule has 0 radical (unpaired) electrons. The molecule has 3 aromatic heterocycles. The normalized spacial score (nSPS) is 18.9. The first kappa shape index (κ1) is 17.4. The molecule has 1 saturated heterocycles. The van der Waals surface area contributed by atoms with Gasteiger partial charge in [-0.25, -0.2) is 18.1 Å². The summed E-state index contributed by atoms with van der Waals surface area (Å²) in [5, 5.41) is 13.7. The molecule has 26 heavy (non-hydrogen) atoms. The highest BCUT2D eigenvalue weighted by atomic mass is 32.2. The van der Waals surface area contributed by atoms with Gasteiger partial charge in [0.15, 0.2) is 9.84 Å². The minimum Gasteiger partial charge on any atom is -0.305 e. The zero-order valence-corrected chi connectivity index (χ0v) is 16.3. The van der Waals surface area contributed by atoms with E-state index in [9.17, 15) is 13.2 Å². The van der Waals surface area contributed by atoms with Crippen molar-refractivity contribution in [2.24, 2.45) is 0 Å². The third-order valence-corrected chi connectivity index (χ3v) is 7.48. The number of aromatic nitrogens is 3. The molecule has 0 spiro atoms. The summed E-state index contributed by atoms with van der Waals surface area (Å²) in [4.78, 5) is 17.0. The van der Waals surface area contributed by atoms with Crippen LogP contribution in [0.5, 0.6) is 0 Å². The van der Waals surface area contributed by atoms with E-state index in [2.05, 4.69) is 15.4 Å². The molecule has 1 fully saturated rings. The predicted octanol–water partition coefficient (Wildman–Crippen LogP) is 2.99. The van der Waals surface area contributed by atoms with Crippen molar-refractivity contribution < 1.29 is 13.2 Å². The van der Waals surface area contributed by atoms with Gasteiger partial charge in [0, 0.05) is 22.4 Å². The number of nitrogens with zero attached hydrogens (tertiary/aromatic N) is 3. The Labute approximate surface area is 158 Å². The highest BCUT2D eigenvalue weighted by Crippen LogP contribution is 2.28. The summed E-state index contributed by atoms with van der Waals surface area (Å²) in [5.74, 6) is 0.375. The van der Waals surface area contributed by atoms with Gasteiger partial charge < -0.3 is 5.32 Å². The van der Waals surface area contributed by atoms with Crippen LogP contribution in [0.25, 0.3) is 10.6 Å². The number of rotatable bonds is 4. The van der Waals surface area contributed by atoms with Crippen molar-refractivity contribution in [1.82, 2.24) is 14.8 Å². The van der Waals surface area contributed by atoms with Gasteiger partial charge in [0.05, 0.1) is 23.2 Å². The number of hydrogen-bond donors (Lipinski definition) is 1. The maximum Gasteiger partial charge on any atom is 0.276 e. The molecule has 1 aliphatic rings. The summed E-state index contributed by atoms with van der Waals surface area (Å²) >= 11 is 2.99. The van der Waals surface area contributed by atoms with Gasteiger partial charge in [-0.05, 0) is 24.8 Å². The van der Waals surface area contributed by atoms with Crippen molar-refractivity contribution >= 4 is 44.2 Å². The Kier molecular flexibility index (Phi) is 4.41. The van der Waals surface area contributed by atoms with Crippen molar-refractivity contribution in [2.75, 3.05) is 16.8 Å². The molecule has 10 heteroatoms. The Hall–Kier alpha value is -2.04. The fraction of sp³-hybridized carbons (Fsp3) is 0.312.